The van der Waals surface area contributed by atoms with Gasteiger partial charge in [-0.15, -0.1) is 0 Å². The second kappa shape index (κ2) is 24.1. The number of benzene rings is 1. The van der Waals surface area contributed by atoms with Crippen molar-refractivity contribution in [3.8, 4) is 0 Å². The maximum Gasteiger partial charge on any atom is -1.00 e. The number of unbranched alkanes of at least 4 members (excludes halogenated alkanes) is 15. The summed E-state index contributed by atoms with van der Waals surface area (Å²) in [6.07, 6.45) is 26.9. The Hall–Kier alpha value is 0.501. The van der Waals surface area contributed by atoms with Gasteiger partial charge in [0.15, 0.2) is 0 Å². The maximum absolute atomic E-state index is 2.65. The van der Waals surface area contributed by atoms with E-state index in [9.17, 15) is 0 Å². The smallest absolute Gasteiger partial charge is 1.00 e. The van der Waals surface area contributed by atoms with Crippen LogP contribution in [0.2, 0.25) is 12.6 Å². The topological polar surface area (TPSA) is 0 Å². The molecule has 0 N–H and O–H groups in total. The summed E-state index contributed by atoms with van der Waals surface area (Å²) in [5.74, 6) is 0.644. The quantitative estimate of drug-likeness (QED) is 0.151. The van der Waals surface area contributed by atoms with E-state index in [0.717, 1.165) is 0 Å². The third-order valence-electron chi connectivity index (χ3n) is 8.24. The molecule has 0 heterocycles. The Bertz CT molecular complexity index is 763. The summed E-state index contributed by atoms with van der Waals surface area (Å²) in [5, 5.41) is 3.40. The number of rotatable bonds is 20. The molecule has 0 spiro atoms. The molecule has 1 aromatic rings. The van der Waals surface area contributed by atoms with Crippen molar-refractivity contribution in [1.29, 1.82) is 0 Å². The van der Waals surface area contributed by atoms with Crippen LogP contribution in [0.1, 0.15) is 130 Å². The van der Waals surface area contributed by atoms with Crippen molar-refractivity contribution in [2.75, 3.05) is 0 Å². The minimum atomic E-state index is -1.66. The number of hydrogen-bond donors (Lipinski definition) is 0. The Labute approximate surface area is 268 Å². The third-order valence-corrected chi connectivity index (χ3v) is 13.6. The Morgan fingerprint density at radius 1 is 0.684 bits per heavy atom. The van der Waals surface area contributed by atoms with Crippen molar-refractivity contribution in [1.82, 2.24) is 0 Å². The molecule has 1 aliphatic carbocycles. The van der Waals surface area contributed by atoms with Crippen LogP contribution in [-0.4, -0.2) is 8.07 Å². The van der Waals surface area contributed by atoms with E-state index >= 15 is 0 Å². The fourth-order valence-corrected chi connectivity index (χ4v) is 11.4. The van der Waals surface area contributed by atoms with E-state index in [2.05, 4.69) is 84.2 Å². The van der Waals surface area contributed by atoms with Crippen molar-refractivity contribution >= 4 is 13.3 Å². The molecule has 1 atom stereocenters. The number of allylic oxidation sites excluding steroid dienone is 4. The van der Waals surface area contributed by atoms with Crippen molar-refractivity contribution in [3.63, 3.8) is 0 Å². The van der Waals surface area contributed by atoms with Crippen LogP contribution in [0.15, 0.2) is 51.1 Å². The second-order valence-corrected chi connectivity index (χ2v) is 16.8. The summed E-state index contributed by atoms with van der Waals surface area (Å²) in [6, 6.07) is 13.0. The third kappa shape index (κ3) is 14.4. The zero-order chi connectivity index (χ0) is 25.4. The van der Waals surface area contributed by atoms with Gasteiger partial charge in [-0.2, -0.15) is 0 Å². The van der Waals surface area contributed by atoms with Gasteiger partial charge in [-0.1, -0.05) is 64.7 Å². The van der Waals surface area contributed by atoms with Gasteiger partial charge in [0.05, 0.1) is 0 Å². The minimum absolute atomic E-state index is 0. The molecule has 0 aliphatic heterocycles. The van der Waals surface area contributed by atoms with E-state index < -0.39 is 8.07 Å². The van der Waals surface area contributed by atoms with E-state index in [1.807, 2.05) is 0 Å². The van der Waals surface area contributed by atoms with Gasteiger partial charge in [-0.3, -0.25) is 0 Å². The van der Waals surface area contributed by atoms with E-state index in [0.29, 0.717) is 5.92 Å². The van der Waals surface area contributed by atoms with Crippen LogP contribution in [0.4, 0.5) is 0 Å². The fourth-order valence-electron chi connectivity index (χ4n) is 6.04. The Balaban J connectivity index is 0. The van der Waals surface area contributed by atoms with Gasteiger partial charge in [0.25, 0.3) is 0 Å². The molecular weight excluding hydrogens is 579 g/mol. The molecule has 0 saturated heterocycles. The molecule has 0 fully saturated rings. The summed E-state index contributed by atoms with van der Waals surface area (Å²) in [5.41, 5.74) is 1.69. The van der Waals surface area contributed by atoms with Gasteiger partial charge in [0, 0.05) is 0 Å². The molecular formula is C33H55Cl3SiTi. The molecule has 1 aromatic carbocycles. The van der Waals surface area contributed by atoms with Gasteiger partial charge >= 0.3 is 168 Å². The zero-order valence-corrected chi connectivity index (χ0v) is 29.7. The van der Waals surface area contributed by atoms with Crippen molar-refractivity contribution in [3.05, 3.63) is 51.1 Å². The molecule has 5 heteroatoms. The predicted octanol–water partition coefficient (Wildman–Crippen LogP) is 1.57. The maximum atomic E-state index is 2.65. The Morgan fingerprint density at radius 3 is 1.53 bits per heavy atom. The van der Waals surface area contributed by atoms with Gasteiger partial charge in [-0.05, 0) is 0 Å². The average molecular weight is 634 g/mol. The minimum Gasteiger partial charge on any atom is -1.00 e. The van der Waals surface area contributed by atoms with Crippen molar-refractivity contribution in [2.24, 2.45) is 5.92 Å². The average Bonchev–Trinajstić information content (AvgIpc) is 3.26. The Morgan fingerprint density at radius 2 is 1.11 bits per heavy atom. The van der Waals surface area contributed by atoms with Gasteiger partial charge in [-0.25, -0.2) is 0 Å². The number of hydrogen-bond acceptors (Lipinski definition) is 0. The van der Waals surface area contributed by atoms with E-state index in [-0.39, 0.29) is 37.2 Å². The van der Waals surface area contributed by atoms with Gasteiger partial charge in [0.2, 0.25) is 0 Å². The molecule has 0 aromatic heterocycles. The molecule has 0 radical (unpaired) electrons. The first kappa shape index (κ1) is 40.6. The SMILES string of the molecule is CCCCCCCCCCCCCCCCCC[Si](C)(C1=CC[C]([Ti+3])=C1C(C)C)c1ccccc1.[Cl-].[Cl-].[Cl-]. The first-order chi connectivity index (χ1) is 17.0. The van der Waals surface area contributed by atoms with Crippen LogP contribution in [0.25, 0.3) is 0 Å². The monoisotopic (exact) mass is 632 g/mol. The molecule has 1 aliphatic rings. The van der Waals surface area contributed by atoms with E-state index in [1.165, 1.54) is 115 Å². The summed E-state index contributed by atoms with van der Waals surface area (Å²) in [4.78, 5) is 0. The van der Waals surface area contributed by atoms with Crippen LogP contribution >= 0.6 is 0 Å². The largest absolute Gasteiger partial charge is 1.00 e. The fraction of sp³-hybridized carbons (Fsp3) is 0.697. The summed E-state index contributed by atoms with van der Waals surface area (Å²) >= 11 is 2.37. The molecule has 1 unspecified atom stereocenters. The van der Waals surface area contributed by atoms with Crippen LogP contribution in [0, 0.1) is 5.92 Å². The number of halogens is 3. The zero-order valence-electron chi connectivity index (χ0n) is 24.9. The molecule has 2 rings (SSSR count). The van der Waals surface area contributed by atoms with Crippen molar-refractivity contribution in [2.45, 2.75) is 143 Å². The molecule has 0 nitrogen and oxygen atoms in total. The van der Waals surface area contributed by atoms with E-state index in [1.54, 1.807) is 19.8 Å². The van der Waals surface area contributed by atoms with E-state index in [4.69, 9.17) is 0 Å². The standard InChI is InChI=1S/C33H55Si.3ClH.Ti/c1-5-6-7-8-9-10-11-12-13-14-15-16-17-18-19-23-29-34(4,31-25-21-20-22-26-31)33-28-24-27-32(33)30(2)3;;;;/h20-22,25-26,28,30H,5-19,23-24,29H2,1-4H3;3*1H;/q;;;;+3/p-3. The van der Waals surface area contributed by atoms with Gasteiger partial charge in [0.1, 0.15) is 0 Å². The summed E-state index contributed by atoms with van der Waals surface area (Å²) in [6.45, 7) is 9.75. The Kier molecular flexibility index (Phi) is 25.8. The molecule has 0 saturated carbocycles. The second-order valence-electron chi connectivity index (χ2n) is 11.6. The molecule has 0 bridgehead atoms. The van der Waals surface area contributed by atoms with Gasteiger partial charge < -0.3 is 37.2 Å². The molecule has 0 amide bonds. The molecule has 216 valence electrons. The normalized spacial score (nSPS) is 14.4. The summed E-state index contributed by atoms with van der Waals surface area (Å²) in [7, 11) is -1.66. The predicted molar refractivity (Wildman–Crippen MR) is 157 cm³/mol. The molecule has 38 heavy (non-hydrogen) atoms. The van der Waals surface area contributed by atoms with Crippen LogP contribution < -0.4 is 42.4 Å². The van der Waals surface area contributed by atoms with Crippen LogP contribution in [-0.2, 0) is 20.4 Å². The van der Waals surface area contributed by atoms with Crippen LogP contribution in [0.3, 0.4) is 0 Å². The first-order valence-electron chi connectivity index (χ1n) is 15.2. The van der Waals surface area contributed by atoms with Crippen molar-refractivity contribution < 1.29 is 57.7 Å². The van der Waals surface area contributed by atoms with Crippen LogP contribution in [0.5, 0.6) is 0 Å². The summed E-state index contributed by atoms with van der Waals surface area (Å²) < 4.78 is 1.62. The first-order valence-corrected chi connectivity index (χ1v) is 18.7.